The monoisotopic (exact) mass is 424 g/mol. The Balaban J connectivity index is 1.99. The van der Waals surface area contributed by atoms with Crippen molar-refractivity contribution in [3.05, 3.63) is 113 Å². The molecule has 0 aliphatic carbocycles. The molecule has 0 saturated carbocycles. The van der Waals surface area contributed by atoms with Gasteiger partial charge >= 0.3 is 0 Å². The molecule has 0 amide bonds. The summed E-state index contributed by atoms with van der Waals surface area (Å²) in [5.41, 5.74) is 3.30. The summed E-state index contributed by atoms with van der Waals surface area (Å²) in [6, 6.07) is 30.4. The highest BCUT2D eigenvalue weighted by Crippen LogP contribution is 2.60. The van der Waals surface area contributed by atoms with Crippen LogP contribution in [0.15, 0.2) is 91.0 Å². The number of rotatable bonds is 5. The second-order valence-electron chi connectivity index (χ2n) is 7.61. The van der Waals surface area contributed by atoms with E-state index in [0.717, 1.165) is 51.0 Å². The summed E-state index contributed by atoms with van der Waals surface area (Å²) >= 11 is 0. The molecule has 0 saturated heterocycles. The van der Waals surface area contributed by atoms with Crippen molar-refractivity contribution in [3.8, 4) is 28.7 Å². The van der Waals surface area contributed by atoms with Crippen LogP contribution < -0.4 is 18.9 Å². The molecule has 4 aromatic rings. The van der Waals surface area contributed by atoms with Crippen LogP contribution in [-0.4, -0.2) is 21.3 Å². The lowest BCUT2D eigenvalue weighted by Gasteiger charge is -2.42. The Kier molecular flexibility index (Phi) is 4.98. The van der Waals surface area contributed by atoms with Gasteiger partial charge in [-0.2, -0.15) is 0 Å². The van der Waals surface area contributed by atoms with Crippen LogP contribution in [0.3, 0.4) is 0 Å². The molecule has 0 unspecified atom stereocenters. The number of hydrogen-bond donors (Lipinski definition) is 0. The van der Waals surface area contributed by atoms with Gasteiger partial charge in [0, 0.05) is 0 Å². The molecule has 4 aromatic carbocycles. The molecule has 160 valence electrons. The van der Waals surface area contributed by atoms with Gasteiger partial charge in [-0.3, -0.25) is 0 Å². The molecule has 0 fully saturated rings. The lowest BCUT2D eigenvalue weighted by atomic mass is 9.63. The molecule has 32 heavy (non-hydrogen) atoms. The van der Waals surface area contributed by atoms with Crippen molar-refractivity contribution in [1.29, 1.82) is 0 Å². The van der Waals surface area contributed by atoms with Crippen molar-refractivity contribution >= 4 is 0 Å². The van der Waals surface area contributed by atoms with Crippen LogP contribution in [0.5, 0.6) is 28.7 Å². The minimum Gasteiger partial charge on any atom is -0.497 e. The minimum atomic E-state index is -0.727. The fourth-order valence-electron chi connectivity index (χ4n) is 4.79. The molecule has 0 atom stereocenters. The van der Waals surface area contributed by atoms with Crippen LogP contribution >= 0.6 is 0 Å². The first-order valence-corrected chi connectivity index (χ1v) is 10.5. The lowest BCUT2D eigenvalue weighted by molar-refractivity contribution is 0.365. The van der Waals surface area contributed by atoms with Crippen LogP contribution in [0.2, 0.25) is 0 Å². The largest absolute Gasteiger partial charge is 0.497 e. The summed E-state index contributed by atoms with van der Waals surface area (Å²) < 4.78 is 23.7. The maximum atomic E-state index is 6.42. The van der Waals surface area contributed by atoms with Gasteiger partial charge in [-0.15, -0.1) is 0 Å². The first-order valence-electron chi connectivity index (χ1n) is 10.5. The van der Waals surface area contributed by atoms with Crippen LogP contribution in [0.1, 0.15) is 22.3 Å². The third-order valence-electron chi connectivity index (χ3n) is 6.12. The number of hydrogen-bond acceptors (Lipinski definition) is 4. The Morgan fingerprint density at radius 2 is 1.06 bits per heavy atom. The summed E-state index contributed by atoms with van der Waals surface area (Å²) in [4.78, 5) is 0. The van der Waals surface area contributed by atoms with Gasteiger partial charge in [0.25, 0.3) is 0 Å². The summed E-state index contributed by atoms with van der Waals surface area (Å²) in [5.74, 6) is 3.80. The molecule has 0 radical (unpaired) electrons. The summed E-state index contributed by atoms with van der Waals surface area (Å²) in [6.07, 6.45) is 0. The Bertz CT molecular complexity index is 1190. The molecule has 0 spiro atoms. The van der Waals surface area contributed by atoms with E-state index >= 15 is 0 Å². The Morgan fingerprint density at radius 1 is 0.531 bits per heavy atom. The standard InChI is InChI=1S/C28H24O4/c1-29-21-17-15-20(16-18-21)28(19-9-5-4-6-10-19)26-22(30-2)11-7-13-24(26)32-25-14-8-12-23(31-3)27(25)28/h4-18H,1-3H3. The molecule has 4 nitrogen and oxygen atoms in total. The quantitative estimate of drug-likeness (QED) is 0.337. The maximum absolute atomic E-state index is 6.42. The molecular formula is C28H24O4. The van der Waals surface area contributed by atoms with Gasteiger partial charge < -0.3 is 18.9 Å². The normalized spacial score (nSPS) is 13.3. The van der Waals surface area contributed by atoms with Crippen molar-refractivity contribution in [2.75, 3.05) is 21.3 Å². The molecule has 1 aliphatic heterocycles. The predicted molar refractivity (Wildman–Crippen MR) is 124 cm³/mol. The summed E-state index contributed by atoms with van der Waals surface area (Å²) in [7, 11) is 5.06. The van der Waals surface area contributed by atoms with Gasteiger partial charge in [0.15, 0.2) is 0 Å². The second-order valence-corrected chi connectivity index (χ2v) is 7.61. The van der Waals surface area contributed by atoms with E-state index in [9.17, 15) is 0 Å². The fourth-order valence-corrected chi connectivity index (χ4v) is 4.79. The lowest BCUT2D eigenvalue weighted by Crippen LogP contribution is -2.35. The van der Waals surface area contributed by atoms with Crippen molar-refractivity contribution in [2.24, 2.45) is 0 Å². The molecule has 0 aromatic heterocycles. The van der Waals surface area contributed by atoms with Crippen molar-refractivity contribution in [3.63, 3.8) is 0 Å². The van der Waals surface area contributed by atoms with E-state index in [2.05, 4.69) is 36.4 Å². The van der Waals surface area contributed by atoms with Crippen LogP contribution in [0.4, 0.5) is 0 Å². The summed E-state index contributed by atoms with van der Waals surface area (Å²) in [6.45, 7) is 0. The van der Waals surface area contributed by atoms with Crippen LogP contribution in [-0.2, 0) is 5.41 Å². The van der Waals surface area contributed by atoms with E-state index in [1.165, 1.54) is 0 Å². The van der Waals surface area contributed by atoms with Crippen molar-refractivity contribution in [2.45, 2.75) is 5.41 Å². The maximum Gasteiger partial charge on any atom is 0.135 e. The predicted octanol–water partition coefficient (Wildman–Crippen LogP) is 6.20. The molecule has 5 rings (SSSR count). The van der Waals surface area contributed by atoms with Crippen molar-refractivity contribution < 1.29 is 18.9 Å². The first-order chi connectivity index (χ1) is 15.7. The van der Waals surface area contributed by atoms with Gasteiger partial charge in [0.1, 0.15) is 28.7 Å². The molecule has 4 heteroatoms. The Morgan fingerprint density at radius 3 is 1.56 bits per heavy atom. The van der Waals surface area contributed by atoms with Crippen LogP contribution in [0.25, 0.3) is 0 Å². The average molecular weight is 424 g/mol. The smallest absolute Gasteiger partial charge is 0.135 e. The number of methoxy groups -OCH3 is 3. The Hall–Kier alpha value is -3.92. The van der Waals surface area contributed by atoms with Gasteiger partial charge in [-0.05, 0) is 47.5 Å². The zero-order valence-corrected chi connectivity index (χ0v) is 18.3. The fraction of sp³-hybridized carbons (Fsp3) is 0.143. The topological polar surface area (TPSA) is 36.9 Å². The van der Waals surface area contributed by atoms with Gasteiger partial charge in [-0.1, -0.05) is 54.6 Å². The zero-order valence-electron chi connectivity index (χ0n) is 18.3. The van der Waals surface area contributed by atoms with E-state index in [0.29, 0.717) is 0 Å². The highest BCUT2D eigenvalue weighted by molar-refractivity contribution is 5.75. The highest BCUT2D eigenvalue weighted by atomic mass is 16.5. The number of fused-ring (bicyclic) bond motifs is 2. The van der Waals surface area contributed by atoms with Gasteiger partial charge in [0.05, 0.1) is 37.9 Å². The SMILES string of the molecule is COc1ccc(C2(c3ccccc3)c3c(OC)cccc3Oc3cccc(OC)c32)cc1. The van der Waals surface area contributed by atoms with Gasteiger partial charge in [-0.25, -0.2) is 0 Å². The second kappa shape index (κ2) is 7.97. The average Bonchev–Trinajstić information content (AvgIpc) is 2.87. The minimum absolute atomic E-state index is 0.727. The van der Waals surface area contributed by atoms with E-state index in [1.54, 1.807) is 21.3 Å². The first kappa shape index (κ1) is 20.0. The Labute approximate surface area is 188 Å². The number of benzene rings is 4. The van der Waals surface area contributed by atoms with E-state index in [-0.39, 0.29) is 0 Å². The molecule has 1 heterocycles. The van der Waals surface area contributed by atoms with E-state index in [1.807, 2.05) is 54.6 Å². The summed E-state index contributed by atoms with van der Waals surface area (Å²) in [5, 5.41) is 0. The zero-order chi connectivity index (χ0) is 22.1. The van der Waals surface area contributed by atoms with Crippen molar-refractivity contribution in [1.82, 2.24) is 0 Å². The van der Waals surface area contributed by atoms with E-state index in [4.69, 9.17) is 18.9 Å². The number of ether oxygens (including phenoxy) is 4. The van der Waals surface area contributed by atoms with Crippen LogP contribution in [0, 0.1) is 0 Å². The van der Waals surface area contributed by atoms with Gasteiger partial charge in [0.2, 0.25) is 0 Å². The molecular weight excluding hydrogens is 400 g/mol. The third kappa shape index (κ3) is 2.83. The molecule has 0 N–H and O–H groups in total. The third-order valence-corrected chi connectivity index (χ3v) is 6.12. The highest BCUT2D eigenvalue weighted by Gasteiger charge is 2.49. The van der Waals surface area contributed by atoms with E-state index < -0.39 is 5.41 Å². The molecule has 0 bridgehead atoms. The molecule has 1 aliphatic rings.